The quantitative estimate of drug-likeness (QED) is 0.111. The Bertz CT molecular complexity index is 2830. The Kier molecular flexibility index (Phi) is 13.1. The molecule has 2 saturated heterocycles. The van der Waals surface area contributed by atoms with Crippen molar-refractivity contribution in [1.82, 2.24) is 28.9 Å². The number of hydrogen-bond acceptors (Lipinski definition) is 6. The second-order valence-electron chi connectivity index (χ2n) is 18.1. The van der Waals surface area contributed by atoms with Crippen molar-refractivity contribution in [2.24, 2.45) is 11.8 Å². The number of carbonyl (C=O) groups is 2. The Morgan fingerprint density at radius 1 is 0.683 bits per heavy atom. The molecular weight excluding hydrogens is 853 g/mol. The number of imidazole rings is 2. The van der Waals surface area contributed by atoms with Gasteiger partial charge in [-0.1, -0.05) is 102 Å². The molecule has 10 nitrogen and oxygen atoms in total. The Hall–Kier alpha value is -5.36. The van der Waals surface area contributed by atoms with Gasteiger partial charge in [0.1, 0.15) is 5.78 Å². The number of hydrogen-bond donors (Lipinski definition) is 2. The summed E-state index contributed by atoms with van der Waals surface area (Å²) in [5.41, 5.74) is 5.83. The van der Waals surface area contributed by atoms with Crippen molar-refractivity contribution >= 4 is 60.3 Å². The maximum absolute atomic E-state index is 12.8. The fraction of sp³-hybridized carbons (Fsp3) is 0.385. The van der Waals surface area contributed by atoms with Gasteiger partial charge >= 0.3 is 11.4 Å². The summed E-state index contributed by atoms with van der Waals surface area (Å²) in [7, 11) is 0. The van der Waals surface area contributed by atoms with E-state index in [4.69, 9.17) is 0 Å². The Morgan fingerprint density at radius 2 is 1.30 bits per heavy atom. The number of nitrogens with one attached hydrogen (secondary N) is 2. The third-order valence-electron chi connectivity index (χ3n) is 13.6. The molecule has 326 valence electrons. The molecule has 1 aliphatic carbocycles. The lowest BCUT2D eigenvalue weighted by Crippen LogP contribution is -2.39. The van der Waals surface area contributed by atoms with E-state index in [2.05, 4.69) is 79.0 Å². The van der Waals surface area contributed by atoms with Crippen LogP contribution in [0.4, 0.5) is 0 Å². The van der Waals surface area contributed by atoms with Gasteiger partial charge in [0, 0.05) is 73.6 Å². The van der Waals surface area contributed by atoms with Crippen LogP contribution >= 0.6 is 15.9 Å². The van der Waals surface area contributed by atoms with Gasteiger partial charge in [-0.25, -0.2) is 9.59 Å². The second-order valence-corrected chi connectivity index (χ2v) is 19.0. The van der Waals surface area contributed by atoms with Gasteiger partial charge in [0.15, 0.2) is 5.78 Å². The van der Waals surface area contributed by atoms with Gasteiger partial charge < -0.3 is 19.8 Å². The Balaban J connectivity index is 0.000000160. The summed E-state index contributed by atoms with van der Waals surface area (Å²) in [4.78, 5) is 61.3. The predicted octanol–water partition coefficient (Wildman–Crippen LogP) is 9.91. The second kappa shape index (κ2) is 19.2. The minimum Gasteiger partial charge on any atom is -0.306 e. The van der Waals surface area contributed by atoms with Gasteiger partial charge in [-0.05, 0) is 110 Å². The number of rotatable bonds is 13. The van der Waals surface area contributed by atoms with Crippen molar-refractivity contribution in [2.45, 2.75) is 76.3 Å². The SMILES string of the molecule is C[C@H](CC(=O)C1C[C@@H]1c1ccccc1)CN1CCC(n2c(=O)[nH]c3cc(Br)ccc32)CC1.O=C(CCCN1CCC(n2c(=O)[nH]c3ccccc32)CC1)c1ccc2ccccc2c1. The van der Waals surface area contributed by atoms with E-state index in [0.717, 1.165) is 121 Å². The molecule has 3 aliphatic rings. The number of benzene rings is 5. The van der Waals surface area contributed by atoms with E-state index >= 15 is 0 Å². The molecule has 2 aromatic heterocycles. The van der Waals surface area contributed by atoms with Crippen LogP contribution in [-0.2, 0) is 4.79 Å². The first-order chi connectivity index (χ1) is 30.7. The number of H-pyrrole nitrogens is 2. The molecule has 0 radical (unpaired) electrons. The lowest BCUT2D eigenvalue weighted by Gasteiger charge is -2.34. The molecule has 2 aliphatic heterocycles. The monoisotopic (exact) mass is 908 g/mol. The highest BCUT2D eigenvalue weighted by molar-refractivity contribution is 9.10. The minimum atomic E-state index is -0.0204. The third-order valence-corrected chi connectivity index (χ3v) is 14.1. The largest absolute Gasteiger partial charge is 0.326 e. The fourth-order valence-corrected chi connectivity index (χ4v) is 10.6. The van der Waals surface area contributed by atoms with Crippen molar-refractivity contribution in [1.29, 1.82) is 0 Å². The topological polar surface area (TPSA) is 116 Å². The molecule has 63 heavy (non-hydrogen) atoms. The summed E-state index contributed by atoms with van der Waals surface area (Å²) in [5.74, 6) is 1.66. The highest BCUT2D eigenvalue weighted by Crippen LogP contribution is 2.48. The molecule has 0 spiro atoms. The van der Waals surface area contributed by atoms with E-state index in [0.29, 0.717) is 30.5 Å². The molecule has 1 unspecified atom stereocenters. The zero-order chi connectivity index (χ0) is 43.5. The van der Waals surface area contributed by atoms with E-state index < -0.39 is 0 Å². The molecule has 10 rings (SSSR count). The van der Waals surface area contributed by atoms with Crippen LogP contribution in [0.25, 0.3) is 32.8 Å². The van der Waals surface area contributed by atoms with Crippen LogP contribution < -0.4 is 11.4 Å². The van der Waals surface area contributed by atoms with Crippen molar-refractivity contribution in [3.05, 3.63) is 152 Å². The lowest BCUT2D eigenvalue weighted by molar-refractivity contribution is -0.121. The van der Waals surface area contributed by atoms with Crippen LogP contribution in [0.2, 0.25) is 0 Å². The van der Waals surface area contributed by atoms with E-state index in [1.165, 1.54) is 5.56 Å². The van der Waals surface area contributed by atoms with E-state index in [-0.39, 0.29) is 35.2 Å². The molecule has 0 amide bonds. The summed E-state index contributed by atoms with van der Waals surface area (Å²) < 4.78 is 4.83. The van der Waals surface area contributed by atoms with Gasteiger partial charge in [0.25, 0.3) is 0 Å². The van der Waals surface area contributed by atoms with Gasteiger partial charge in [-0.15, -0.1) is 0 Å². The van der Waals surface area contributed by atoms with E-state index in [9.17, 15) is 19.2 Å². The zero-order valence-electron chi connectivity index (χ0n) is 36.1. The number of aromatic amines is 2. The van der Waals surface area contributed by atoms with E-state index in [1.54, 1.807) is 0 Å². The van der Waals surface area contributed by atoms with Crippen LogP contribution in [0.15, 0.2) is 129 Å². The summed E-state index contributed by atoms with van der Waals surface area (Å²) in [5, 5.41) is 2.28. The number of fused-ring (bicyclic) bond motifs is 3. The first-order valence-corrected chi connectivity index (χ1v) is 23.6. The normalized spacial score (nSPS) is 19.3. The van der Waals surface area contributed by atoms with Crippen LogP contribution in [-0.4, -0.2) is 79.7 Å². The number of piperidine rings is 2. The Labute approximate surface area is 376 Å². The molecule has 3 atom stereocenters. The maximum Gasteiger partial charge on any atom is 0.326 e. The van der Waals surface area contributed by atoms with Gasteiger partial charge in [0.05, 0.1) is 22.1 Å². The molecule has 4 heterocycles. The third kappa shape index (κ3) is 9.91. The molecule has 7 aromatic rings. The number of aromatic nitrogens is 4. The van der Waals surface area contributed by atoms with Crippen molar-refractivity contribution in [2.75, 3.05) is 39.3 Å². The zero-order valence-corrected chi connectivity index (χ0v) is 37.6. The van der Waals surface area contributed by atoms with Crippen LogP contribution in [0.1, 0.15) is 92.2 Å². The standard InChI is InChI=1S/C26H30BrN3O2.C26H27N3O2/c1-17(13-25(31)22-15-21(22)18-5-3-2-4-6-18)16-29-11-9-20(10-12-29)30-24-8-7-19(27)14-23(24)28-26(30)32;30-25(21-12-11-19-6-1-2-7-20(19)18-21)10-5-15-28-16-13-22(14-17-28)29-24-9-4-3-8-23(24)27-26(29)31/h2-8,14,17,20-22H,9-13,15-16H2,1H3,(H,28,32);1-4,6-9,11-12,18,22H,5,10,13-17H2,(H,27,31)/t17-,21-,22?;/m1./s1. The number of halogens is 1. The number of nitrogens with zero attached hydrogens (tertiary/aromatic N) is 4. The molecule has 5 aromatic carbocycles. The first kappa shape index (κ1) is 42.9. The van der Waals surface area contributed by atoms with E-state index in [1.807, 2.05) is 88.0 Å². The van der Waals surface area contributed by atoms with Crippen molar-refractivity contribution < 1.29 is 9.59 Å². The number of carbonyl (C=O) groups excluding carboxylic acids is 2. The van der Waals surface area contributed by atoms with Gasteiger partial charge in [0.2, 0.25) is 0 Å². The van der Waals surface area contributed by atoms with Gasteiger partial charge in [-0.2, -0.15) is 0 Å². The van der Waals surface area contributed by atoms with Crippen molar-refractivity contribution in [3.63, 3.8) is 0 Å². The molecule has 11 heteroatoms. The van der Waals surface area contributed by atoms with Crippen LogP contribution in [0, 0.1) is 11.8 Å². The fourth-order valence-electron chi connectivity index (χ4n) is 10.3. The highest BCUT2D eigenvalue weighted by Gasteiger charge is 2.43. The summed E-state index contributed by atoms with van der Waals surface area (Å²) >= 11 is 3.48. The number of likely N-dealkylation sites (tertiary alicyclic amines) is 2. The average Bonchev–Trinajstić information content (AvgIpc) is 3.95. The predicted molar refractivity (Wildman–Crippen MR) is 256 cm³/mol. The van der Waals surface area contributed by atoms with Crippen LogP contribution in [0.3, 0.4) is 0 Å². The molecule has 2 N–H and O–H groups in total. The minimum absolute atomic E-state index is 0.0133. The number of Topliss-reactive ketones (excluding diaryl/α,β-unsaturated/α-hetero) is 2. The lowest BCUT2D eigenvalue weighted by atomic mass is 9.97. The average molecular weight is 910 g/mol. The molecule has 1 saturated carbocycles. The number of ketones is 2. The van der Waals surface area contributed by atoms with Crippen LogP contribution in [0.5, 0.6) is 0 Å². The number of para-hydroxylation sites is 2. The Morgan fingerprint density at radius 3 is 2.03 bits per heavy atom. The first-order valence-electron chi connectivity index (χ1n) is 22.8. The molecule has 0 bridgehead atoms. The maximum atomic E-state index is 12.8. The highest BCUT2D eigenvalue weighted by atomic mass is 79.9. The molecular formula is C52H57BrN6O4. The smallest absolute Gasteiger partial charge is 0.306 e. The summed E-state index contributed by atoms with van der Waals surface area (Å²) in [6.07, 6.45) is 6.95. The summed E-state index contributed by atoms with van der Waals surface area (Å²) in [6.45, 7) is 7.93. The summed E-state index contributed by atoms with van der Waals surface area (Å²) in [6, 6.07) is 38.9. The molecule has 3 fully saturated rings. The van der Waals surface area contributed by atoms with Crippen molar-refractivity contribution in [3.8, 4) is 0 Å². The van der Waals surface area contributed by atoms with Gasteiger partial charge in [-0.3, -0.25) is 18.7 Å².